The first-order valence-electron chi connectivity index (χ1n) is 9.04. The highest BCUT2D eigenvalue weighted by atomic mass is 32.1. The second-order valence-electron chi connectivity index (χ2n) is 6.95. The first kappa shape index (κ1) is 18.4. The Hall–Kier alpha value is -3.01. The van der Waals surface area contributed by atoms with Crippen molar-refractivity contribution in [2.45, 2.75) is 37.9 Å². The normalized spacial score (nSPS) is 22.7. The van der Waals surface area contributed by atoms with Crippen LogP contribution in [-0.2, 0) is 9.59 Å². The number of nitrogens with zero attached hydrogens (tertiary/aromatic N) is 3. The van der Waals surface area contributed by atoms with E-state index in [1.807, 2.05) is 18.2 Å². The van der Waals surface area contributed by atoms with Gasteiger partial charge in [0, 0.05) is 25.1 Å². The molecule has 0 unspecified atom stereocenters. The summed E-state index contributed by atoms with van der Waals surface area (Å²) in [5.41, 5.74) is 2.17. The van der Waals surface area contributed by atoms with Gasteiger partial charge in [-0.1, -0.05) is 23.5 Å². The summed E-state index contributed by atoms with van der Waals surface area (Å²) >= 11 is 1.22. The Morgan fingerprint density at radius 3 is 2.89 bits per heavy atom. The van der Waals surface area contributed by atoms with Crippen molar-refractivity contribution >= 4 is 39.9 Å². The Morgan fingerprint density at radius 1 is 1.29 bits per heavy atom. The van der Waals surface area contributed by atoms with Gasteiger partial charge < -0.3 is 15.5 Å². The smallest absolute Gasteiger partial charge is 0.255 e. The molecule has 3 N–H and O–H groups in total. The van der Waals surface area contributed by atoms with Crippen molar-refractivity contribution < 1.29 is 14.4 Å². The maximum atomic E-state index is 12.7. The molecule has 1 spiro atoms. The quantitative estimate of drug-likeness (QED) is 0.718. The van der Waals surface area contributed by atoms with E-state index in [1.54, 1.807) is 17.9 Å². The number of amides is 3. The number of carbonyl (C=O) groups is 3. The molecule has 2 aliphatic rings. The topological polar surface area (TPSA) is 116 Å². The van der Waals surface area contributed by atoms with Crippen LogP contribution in [0.25, 0.3) is 0 Å². The highest BCUT2D eigenvalue weighted by molar-refractivity contribution is 7.13. The summed E-state index contributed by atoms with van der Waals surface area (Å²) in [7, 11) is 0. The number of hydrogen-bond donors (Lipinski definition) is 3. The second kappa shape index (κ2) is 7.19. The van der Waals surface area contributed by atoms with E-state index < -0.39 is 11.7 Å². The molecule has 10 heteroatoms. The third kappa shape index (κ3) is 3.42. The van der Waals surface area contributed by atoms with Crippen LogP contribution in [0.4, 0.5) is 10.8 Å². The first-order chi connectivity index (χ1) is 13.5. The van der Waals surface area contributed by atoms with Gasteiger partial charge >= 0.3 is 0 Å². The Kier molecular flexibility index (Phi) is 4.71. The fraction of sp³-hybridized carbons (Fsp3) is 0.389. The zero-order valence-corrected chi connectivity index (χ0v) is 16.1. The van der Waals surface area contributed by atoms with E-state index in [0.717, 1.165) is 5.69 Å². The second-order valence-corrected chi connectivity index (χ2v) is 7.79. The lowest BCUT2D eigenvalue weighted by Crippen LogP contribution is -2.58. The lowest BCUT2D eigenvalue weighted by Gasteiger charge is -2.40. The molecule has 3 amide bonds. The molecule has 4 rings (SSSR count). The van der Waals surface area contributed by atoms with Crippen LogP contribution in [0.2, 0.25) is 0 Å². The number of benzene rings is 1. The van der Waals surface area contributed by atoms with E-state index in [4.69, 9.17) is 0 Å². The highest BCUT2D eigenvalue weighted by Crippen LogP contribution is 2.32. The van der Waals surface area contributed by atoms with Crippen LogP contribution >= 0.6 is 11.3 Å². The van der Waals surface area contributed by atoms with Crippen molar-refractivity contribution in [2.75, 3.05) is 17.2 Å². The Morgan fingerprint density at radius 2 is 2.11 bits per heavy atom. The fourth-order valence-electron chi connectivity index (χ4n) is 3.63. The number of anilines is 2. The molecule has 2 atom stereocenters. The number of aromatic nitrogens is 2. The molecule has 146 valence electrons. The van der Waals surface area contributed by atoms with E-state index in [1.165, 1.54) is 16.8 Å². The number of carbonyl (C=O) groups excluding carboxylic acids is 3. The highest BCUT2D eigenvalue weighted by Gasteiger charge is 2.41. The zero-order chi connectivity index (χ0) is 19.7. The molecule has 0 bridgehead atoms. The molecule has 0 aliphatic carbocycles. The van der Waals surface area contributed by atoms with Crippen LogP contribution in [0, 0.1) is 0 Å². The van der Waals surface area contributed by atoms with Gasteiger partial charge in [0.2, 0.25) is 16.9 Å². The van der Waals surface area contributed by atoms with Crippen LogP contribution in [0.15, 0.2) is 29.8 Å². The average Bonchev–Trinajstić information content (AvgIpc) is 3.14. The number of hydrogen-bond acceptors (Lipinski definition) is 7. The van der Waals surface area contributed by atoms with Crippen molar-refractivity contribution in [2.24, 2.45) is 0 Å². The third-order valence-corrected chi connectivity index (χ3v) is 5.81. The van der Waals surface area contributed by atoms with Crippen LogP contribution < -0.4 is 16.0 Å². The summed E-state index contributed by atoms with van der Waals surface area (Å²) in [6.07, 6.45) is 1.17. The van der Waals surface area contributed by atoms with Gasteiger partial charge in [0.25, 0.3) is 5.91 Å². The number of fused-ring (bicyclic) bond motifs is 1. The summed E-state index contributed by atoms with van der Waals surface area (Å²) < 4.78 is 0. The maximum Gasteiger partial charge on any atom is 0.255 e. The van der Waals surface area contributed by atoms with Gasteiger partial charge in [-0.05, 0) is 25.5 Å². The molecule has 3 heterocycles. The Labute approximate surface area is 165 Å². The maximum absolute atomic E-state index is 12.7. The standard InChI is InChI=1S/C18H20N6O3S/c1-11(15(26)20-17-23-19-10-28-17)24-9-8-18(7-6-14(24)25)21-13-5-3-2-4-12(13)16(27)22-18/h2-5,10-11,21H,6-9H2,1H3,(H,22,27)(H,20,23,26)/t11-,18+/m1/s1. The van der Waals surface area contributed by atoms with E-state index >= 15 is 0 Å². The van der Waals surface area contributed by atoms with E-state index in [0.29, 0.717) is 30.1 Å². The molecule has 1 aromatic carbocycles. The van der Waals surface area contributed by atoms with E-state index in [2.05, 4.69) is 26.1 Å². The molecule has 1 fully saturated rings. The number of nitrogens with one attached hydrogen (secondary N) is 3. The van der Waals surface area contributed by atoms with Crippen molar-refractivity contribution in [3.63, 3.8) is 0 Å². The average molecular weight is 400 g/mol. The first-order valence-corrected chi connectivity index (χ1v) is 9.92. The predicted octanol–water partition coefficient (Wildman–Crippen LogP) is 1.43. The number of para-hydroxylation sites is 1. The van der Waals surface area contributed by atoms with Gasteiger partial charge in [-0.2, -0.15) is 0 Å². The minimum Gasteiger partial charge on any atom is -0.362 e. The molecule has 28 heavy (non-hydrogen) atoms. The molecule has 1 aromatic heterocycles. The lowest BCUT2D eigenvalue weighted by atomic mass is 9.95. The lowest BCUT2D eigenvalue weighted by molar-refractivity contribution is -0.137. The Balaban J connectivity index is 1.49. The minimum atomic E-state index is -0.703. The van der Waals surface area contributed by atoms with Crippen LogP contribution in [0.3, 0.4) is 0 Å². The molecular weight excluding hydrogens is 380 g/mol. The molecule has 0 radical (unpaired) electrons. The molecule has 1 saturated heterocycles. The largest absolute Gasteiger partial charge is 0.362 e. The van der Waals surface area contributed by atoms with Gasteiger partial charge in [0.15, 0.2) is 0 Å². The molecule has 9 nitrogen and oxygen atoms in total. The number of rotatable bonds is 3. The summed E-state index contributed by atoms with van der Waals surface area (Å²) in [5, 5.41) is 17.0. The molecule has 2 aliphatic heterocycles. The van der Waals surface area contributed by atoms with Gasteiger partial charge in [-0.15, -0.1) is 10.2 Å². The monoisotopic (exact) mass is 400 g/mol. The predicted molar refractivity (Wildman–Crippen MR) is 104 cm³/mol. The molecule has 0 saturated carbocycles. The van der Waals surface area contributed by atoms with Crippen molar-refractivity contribution in [3.05, 3.63) is 35.3 Å². The zero-order valence-electron chi connectivity index (χ0n) is 15.3. The van der Waals surface area contributed by atoms with Crippen molar-refractivity contribution in [1.29, 1.82) is 0 Å². The summed E-state index contributed by atoms with van der Waals surface area (Å²) in [6, 6.07) is 6.65. The van der Waals surface area contributed by atoms with Crippen molar-refractivity contribution in [1.82, 2.24) is 20.4 Å². The van der Waals surface area contributed by atoms with Gasteiger partial charge in [0.1, 0.15) is 17.2 Å². The van der Waals surface area contributed by atoms with Gasteiger partial charge in [-0.25, -0.2) is 0 Å². The minimum absolute atomic E-state index is 0.119. The summed E-state index contributed by atoms with van der Waals surface area (Å²) in [6.45, 7) is 2.04. The number of likely N-dealkylation sites (tertiary alicyclic amines) is 1. The van der Waals surface area contributed by atoms with Crippen LogP contribution in [-0.4, -0.2) is 51.1 Å². The SMILES string of the molecule is C[C@H](C(=O)Nc1nncs1)N1CC[C@]2(CCC1=O)NC(=O)c1ccccc1N2. The van der Waals surface area contributed by atoms with Gasteiger partial charge in [0.05, 0.1) is 5.56 Å². The summed E-state index contributed by atoms with van der Waals surface area (Å²) in [5.74, 6) is -0.587. The van der Waals surface area contributed by atoms with Gasteiger partial charge in [-0.3, -0.25) is 19.7 Å². The third-order valence-electron chi connectivity index (χ3n) is 5.20. The van der Waals surface area contributed by atoms with Crippen LogP contribution in [0.5, 0.6) is 0 Å². The Bertz CT molecular complexity index is 918. The fourth-order valence-corrected chi connectivity index (χ4v) is 4.08. The van der Waals surface area contributed by atoms with Crippen molar-refractivity contribution in [3.8, 4) is 0 Å². The van der Waals surface area contributed by atoms with E-state index in [9.17, 15) is 14.4 Å². The molecule has 2 aromatic rings. The van der Waals surface area contributed by atoms with E-state index in [-0.39, 0.29) is 24.1 Å². The summed E-state index contributed by atoms with van der Waals surface area (Å²) in [4.78, 5) is 39.3. The van der Waals surface area contributed by atoms with Crippen LogP contribution in [0.1, 0.15) is 36.5 Å². The molecular formula is C18H20N6O3S.